The van der Waals surface area contributed by atoms with Crippen molar-refractivity contribution < 1.29 is 9.53 Å². The molecule has 1 N–H and O–H groups in total. The molecule has 0 bridgehead atoms. The number of anilines is 1. The van der Waals surface area contributed by atoms with Gasteiger partial charge >= 0.3 is 0 Å². The molecule has 0 spiro atoms. The number of hydrogen-bond acceptors (Lipinski definition) is 4. The Morgan fingerprint density at radius 2 is 2.20 bits per heavy atom. The average Bonchev–Trinajstić information content (AvgIpc) is 3.03. The monoisotopic (exact) mass is 336 g/mol. The number of amides is 1. The van der Waals surface area contributed by atoms with Crippen LogP contribution in [0.3, 0.4) is 0 Å². The van der Waals surface area contributed by atoms with Gasteiger partial charge in [0.05, 0.1) is 18.7 Å². The van der Waals surface area contributed by atoms with Crippen molar-refractivity contribution in [2.45, 2.75) is 19.8 Å². The van der Waals surface area contributed by atoms with E-state index in [1.807, 2.05) is 48.0 Å². The van der Waals surface area contributed by atoms with Crippen LogP contribution >= 0.6 is 0 Å². The third kappa shape index (κ3) is 3.39. The van der Waals surface area contributed by atoms with Crippen molar-refractivity contribution in [1.82, 2.24) is 14.4 Å². The van der Waals surface area contributed by atoms with Gasteiger partial charge in [-0.1, -0.05) is 0 Å². The molecule has 0 aromatic carbocycles. The zero-order valence-electron chi connectivity index (χ0n) is 14.1. The third-order valence-electron chi connectivity index (χ3n) is 4.46. The van der Waals surface area contributed by atoms with Gasteiger partial charge in [0.15, 0.2) is 5.82 Å². The van der Waals surface area contributed by atoms with Crippen molar-refractivity contribution in [1.29, 1.82) is 0 Å². The van der Waals surface area contributed by atoms with E-state index in [9.17, 15) is 4.79 Å². The van der Waals surface area contributed by atoms with Crippen LogP contribution in [-0.2, 0) is 9.53 Å². The Morgan fingerprint density at radius 1 is 1.28 bits per heavy atom. The third-order valence-corrected chi connectivity index (χ3v) is 4.46. The van der Waals surface area contributed by atoms with Crippen LogP contribution in [0.15, 0.2) is 42.9 Å². The quantitative estimate of drug-likeness (QED) is 0.798. The molecule has 1 saturated heterocycles. The molecule has 25 heavy (non-hydrogen) atoms. The highest BCUT2D eigenvalue weighted by molar-refractivity contribution is 5.92. The van der Waals surface area contributed by atoms with Crippen molar-refractivity contribution in [3.63, 3.8) is 0 Å². The van der Waals surface area contributed by atoms with E-state index in [2.05, 4.69) is 15.3 Å². The van der Waals surface area contributed by atoms with Gasteiger partial charge < -0.3 is 14.5 Å². The van der Waals surface area contributed by atoms with E-state index in [1.165, 1.54) is 0 Å². The number of carbonyl (C=O) groups excluding carboxylic acids is 1. The number of imidazole rings is 1. The first kappa shape index (κ1) is 15.8. The molecular weight excluding hydrogens is 316 g/mol. The van der Waals surface area contributed by atoms with Crippen molar-refractivity contribution >= 4 is 17.4 Å². The van der Waals surface area contributed by atoms with E-state index < -0.39 is 0 Å². The van der Waals surface area contributed by atoms with Gasteiger partial charge in [0.1, 0.15) is 5.65 Å². The molecule has 6 nitrogen and oxygen atoms in total. The fourth-order valence-corrected chi connectivity index (χ4v) is 3.12. The van der Waals surface area contributed by atoms with Crippen LogP contribution < -0.4 is 5.32 Å². The summed E-state index contributed by atoms with van der Waals surface area (Å²) < 4.78 is 7.31. The van der Waals surface area contributed by atoms with E-state index in [4.69, 9.17) is 4.74 Å². The van der Waals surface area contributed by atoms with E-state index in [-0.39, 0.29) is 11.8 Å². The molecule has 1 aliphatic rings. The number of fused-ring (bicyclic) bond motifs is 1. The molecule has 3 aromatic rings. The Morgan fingerprint density at radius 3 is 3.00 bits per heavy atom. The van der Waals surface area contributed by atoms with Crippen LogP contribution in [0.25, 0.3) is 16.8 Å². The van der Waals surface area contributed by atoms with Gasteiger partial charge in [-0.25, -0.2) is 4.98 Å². The van der Waals surface area contributed by atoms with Gasteiger partial charge in [-0.2, -0.15) is 0 Å². The van der Waals surface area contributed by atoms with Gasteiger partial charge in [0.2, 0.25) is 5.91 Å². The number of hydrogen-bond donors (Lipinski definition) is 1. The zero-order chi connectivity index (χ0) is 17.2. The van der Waals surface area contributed by atoms with E-state index in [0.717, 1.165) is 41.9 Å². The second-order valence-corrected chi connectivity index (χ2v) is 6.40. The number of aryl methyl sites for hydroxylation is 1. The maximum Gasteiger partial charge on any atom is 0.231 e. The summed E-state index contributed by atoms with van der Waals surface area (Å²) in [7, 11) is 0. The van der Waals surface area contributed by atoms with E-state index in [0.29, 0.717) is 12.4 Å². The second-order valence-electron chi connectivity index (χ2n) is 6.40. The first-order valence-corrected chi connectivity index (χ1v) is 8.49. The molecule has 1 aliphatic heterocycles. The maximum atomic E-state index is 12.3. The van der Waals surface area contributed by atoms with Crippen LogP contribution in [0.1, 0.15) is 18.5 Å². The minimum atomic E-state index is -0.0890. The number of carbonyl (C=O) groups is 1. The first-order valence-electron chi connectivity index (χ1n) is 8.49. The molecule has 1 atom stereocenters. The number of nitrogens with zero attached hydrogens (tertiary/aromatic N) is 3. The molecule has 0 saturated carbocycles. The number of pyridine rings is 2. The average molecular weight is 336 g/mol. The summed E-state index contributed by atoms with van der Waals surface area (Å²) in [6.45, 7) is 3.21. The van der Waals surface area contributed by atoms with E-state index in [1.54, 1.807) is 6.20 Å². The Kier molecular flexibility index (Phi) is 4.19. The lowest BCUT2D eigenvalue weighted by Crippen LogP contribution is -2.30. The summed E-state index contributed by atoms with van der Waals surface area (Å²) >= 11 is 0. The van der Waals surface area contributed by atoms with Gasteiger partial charge in [-0.3, -0.25) is 9.78 Å². The minimum absolute atomic E-state index is 0.0203. The fourth-order valence-electron chi connectivity index (χ4n) is 3.12. The van der Waals surface area contributed by atoms with Crippen molar-refractivity contribution in [3.05, 3.63) is 48.5 Å². The van der Waals surface area contributed by atoms with Crippen molar-refractivity contribution in [3.8, 4) is 11.1 Å². The summed E-state index contributed by atoms with van der Waals surface area (Å²) in [5.41, 5.74) is 3.96. The lowest BCUT2D eigenvalue weighted by Gasteiger charge is -2.20. The van der Waals surface area contributed by atoms with Gasteiger partial charge in [-0.05, 0) is 55.2 Å². The second kappa shape index (κ2) is 6.64. The molecule has 0 aliphatic carbocycles. The Balaban J connectivity index is 1.57. The molecule has 0 radical (unpaired) electrons. The number of nitrogens with one attached hydrogen (secondary N) is 1. The predicted molar refractivity (Wildman–Crippen MR) is 95.3 cm³/mol. The fraction of sp³-hybridized carbons (Fsp3) is 0.316. The number of aromatic nitrogens is 3. The Bertz CT molecular complexity index is 913. The van der Waals surface area contributed by atoms with Gasteiger partial charge in [0.25, 0.3) is 0 Å². The van der Waals surface area contributed by atoms with Crippen molar-refractivity contribution in [2.24, 2.45) is 5.92 Å². The van der Waals surface area contributed by atoms with Crippen LogP contribution in [0.5, 0.6) is 0 Å². The highest BCUT2D eigenvalue weighted by Crippen LogP contribution is 2.22. The molecule has 128 valence electrons. The molecule has 3 aromatic heterocycles. The molecule has 6 heteroatoms. The highest BCUT2D eigenvalue weighted by Gasteiger charge is 2.22. The lowest BCUT2D eigenvalue weighted by atomic mass is 10.0. The van der Waals surface area contributed by atoms with Gasteiger partial charge in [0, 0.05) is 24.7 Å². The van der Waals surface area contributed by atoms with Crippen LogP contribution in [0, 0.1) is 12.8 Å². The molecule has 4 heterocycles. The summed E-state index contributed by atoms with van der Waals surface area (Å²) in [5.74, 6) is 0.459. The SMILES string of the molecule is Cc1cc(-c2ccc3nc(NC(=O)C4CCCOC4)cn3c2)ccn1. The molecule has 4 rings (SSSR count). The zero-order valence-corrected chi connectivity index (χ0v) is 14.1. The van der Waals surface area contributed by atoms with Crippen LogP contribution in [0.2, 0.25) is 0 Å². The Labute approximate surface area is 145 Å². The minimum Gasteiger partial charge on any atom is -0.381 e. The summed E-state index contributed by atoms with van der Waals surface area (Å²) in [4.78, 5) is 21.0. The maximum absolute atomic E-state index is 12.3. The topological polar surface area (TPSA) is 68.5 Å². The first-order chi connectivity index (χ1) is 12.2. The normalized spacial score (nSPS) is 17.6. The summed E-state index contributed by atoms with van der Waals surface area (Å²) in [6.07, 6.45) is 7.45. The summed E-state index contributed by atoms with van der Waals surface area (Å²) in [6, 6.07) is 8.00. The van der Waals surface area contributed by atoms with Crippen LogP contribution in [0.4, 0.5) is 5.82 Å². The van der Waals surface area contributed by atoms with Crippen molar-refractivity contribution in [2.75, 3.05) is 18.5 Å². The Hall–Kier alpha value is -2.73. The standard InChI is InChI=1S/C19H20N4O2/c1-13-9-14(6-7-20-13)15-4-5-18-21-17(11-23(18)10-15)22-19(24)16-3-2-8-25-12-16/h4-7,9-11,16H,2-3,8,12H2,1H3,(H,22,24). The smallest absolute Gasteiger partial charge is 0.231 e. The largest absolute Gasteiger partial charge is 0.381 e. The predicted octanol–water partition coefficient (Wildman–Crippen LogP) is 3.07. The molecular formula is C19H20N4O2. The highest BCUT2D eigenvalue weighted by atomic mass is 16.5. The molecule has 1 unspecified atom stereocenters. The van der Waals surface area contributed by atoms with E-state index >= 15 is 0 Å². The lowest BCUT2D eigenvalue weighted by molar-refractivity contribution is -0.123. The summed E-state index contributed by atoms with van der Waals surface area (Å²) in [5, 5.41) is 2.91. The number of rotatable bonds is 3. The van der Waals surface area contributed by atoms with Gasteiger partial charge in [-0.15, -0.1) is 0 Å². The number of ether oxygens (including phenoxy) is 1. The molecule has 1 fully saturated rings. The van der Waals surface area contributed by atoms with Crippen LogP contribution in [-0.4, -0.2) is 33.5 Å². The molecule has 1 amide bonds.